The van der Waals surface area contributed by atoms with Crippen molar-refractivity contribution >= 4 is 21.8 Å². The lowest BCUT2D eigenvalue weighted by molar-refractivity contribution is -0.176. The fourth-order valence-electron chi connectivity index (χ4n) is 1.12. The molecule has 0 saturated carbocycles. The topological polar surface area (TPSA) is 29.5 Å². The van der Waals surface area contributed by atoms with Gasteiger partial charge in [-0.1, -0.05) is 15.9 Å². The Bertz CT molecular complexity index is 281. The average Bonchev–Trinajstić information content (AvgIpc) is 2.20. The van der Waals surface area contributed by atoms with Crippen molar-refractivity contribution in [1.82, 2.24) is 4.90 Å². The van der Waals surface area contributed by atoms with E-state index in [4.69, 9.17) is 0 Å². The van der Waals surface area contributed by atoms with Gasteiger partial charge in [-0.25, -0.2) is 0 Å². The Morgan fingerprint density at radius 3 is 2.11 bits per heavy atom. The van der Waals surface area contributed by atoms with Crippen LogP contribution in [-0.4, -0.2) is 54.8 Å². The van der Waals surface area contributed by atoms with Gasteiger partial charge in [0.25, 0.3) is 0 Å². The maximum absolute atomic E-state index is 12.1. The lowest BCUT2D eigenvalue weighted by Crippen LogP contribution is -2.40. The van der Waals surface area contributed by atoms with E-state index in [1.165, 1.54) is 0 Å². The van der Waals surface area contributed by atoms with Crippen LogP contribution in [0.2, 0.25) is 0 Å². The lowest BCUT2D eigenvalue weighted by Gasteiger charge is -2.23. The zero-order chi connectivity index (χ0) is 15.1. The first-order valence-corrected chi connectivity index (χ1v) is 6.22. The third kappa shape index (κ3) is 11.0. The summed E-state index contributed by atoms with van der Waals surface area (Å²) in [5.41, 5.74) is 0. The molecule has 0 spiro atoms. The average molecular weight is 360 g/mol. The number of amides is 1. The summed E-state index contributed by atoms with van der Waals surface area (Å²) in [6, 6.07) is 0. The molecule has 0 aromatic heterocycles. The maximum atomic E-state index is 12.1. The molecule has 0 aliphatic rings. The Kier molecular flexibility index (Phi) is 7.72. The zero-order valence-corrected chi connectivity index (χ0v) is 11.2. The molecule has 0 aromatic carbocycles. The van der Waals surface area contributed by atoms with Gasteiger partial charge in [0.2, 0.25) is 5.91 Å². The Morgan fingerprint density at radius 2 is 1.68 bits per heavy atom. The van der Waals surface area contributed by atoms with Crippen molar-refractivity contribution in [1.29, 1.82) is 0 Å². The number of carbonyl (C=O) groups excluding carboxylic acids is 1. The first-order valence-electron chi connectivity index (χ1n) is 5.10. The molecule has 0 fully saturated rings. The first kappa shape index (κ1) is 18.5. The number of ether oxygens (including phenoxy) is 1. The summed E-state index contributed by atoms with van der Waals surface area (Å²) in [7, 11) is 0. The van der Waals surface area contributed by atoms with Crippen molar-refractivity contribution in [3.05, 3.63) is 0 Å². The van der Waals surface area contributed by atoms with Crippen molar-refractivity contribution in [2.45, 2.75) is 18.8 Å². The molecule has 0 saturated heterocycles. The van der Waals surface area contributed by atoms with Gasteiger partial charge in [-0.3, -0.25) is 4.79 Å². The number of hydrogen-bond donors (Lipinski definition) is 0. The fourth-order valence-corrected chi connectivity index (χ4v) is 1.54. The van der Waals surface area contributed by atoms with E-state index in [-0.39, 0.29) is 11.9 Å². The zero-order valence-electron chi connectivity index (χ0n) is 9.65. The largest absolute Gasteiger partial charge is 0.411 e. The van der Waals surface area contributed by atoms with Crippen LogP contribution in [0.5, 0.6) is 0 Å². The van der Waals surface area contributed by atoms with Crippen LogP contribution in [-0.2, 0) is 9.53 Å². The highest BCUT2D eigenvalue weighted by molar-refractivity contribution is 9.09. The molecule has 1 amide bonds. The number of hydrogen-bond acceptors (Lipinski definition) is 2. The molecule has 114 valence electrons. The molecule has 0 aliphatic carbocycles. The number of halogens is 7. The van der Waals surface area contributed by atoms with Gasteiger partial charge in [-0.05, 0) is 0 Å². The number of rotatable bonds is 7. The molecule has 0 bridgehead atoms. The lowest BCUT2D eigenvalue weighted by atomic mass is 10.3. The van der Waals surface area contributed by atoms with E-state index in [2.05, 4.69) is 20.7 Å². The fraction of sp³-hybridized carbons (Fsp3) is 0.889. The van der Waals surface area contributed by atoms with E-state index in [0.717, 1.165) is 0 Å². The first-order chi connectivity index (χ1) is 8.55. The van der Waals surface area contributed by atoms with E-state index < -0.39 is 44.4 Å². The van der Waals surface area contributed by atoms with Crippen LogP contribution >= 0.6 is 15.9 Å². The predicted octanol–water partition coefficient (Wildman–Crippen LogP) is 2.74. The molecule has 10 heteroatoms. The highest BCUT2D eigenvalue weighted by Gasteiger charge is 2.32. The SMILES string of the molecule is O=C(CCOCC(F)(F)F)N(CCBr)CC(F)(F)F. The van der Waals surface area contributed by atoms with Crippen LogP contribution < -0.4 is 0 Å². The Labute approximate surface area is 114 Å². The van der Waals surface area contributed by atoms with Gasteiger partial charge in [0.1, 0.15) is 13.2 Å². The van der Waals surface area contributed by atoms with Gasteiger partial charge in [0.05, 0.1) is 13.0 Å². The number of alkyl halides is 7. The summed E-state index contributed by atoms with van der Waals surface area (Å²) in [5, 5.41) is 0.137. The molecule has 0 aliphatic heterocycles. The van der Waals surface area contributed by atoms with E-state index >= 15 is 0 Å². The minimum absolute atomic E-state index is 0.137. The van der Waals surface area contributed by atoms with E-state index in [1.807, 2.05) is 0 Å². The van der Waals surface area contributed by atoms with Crippen molar-refractivity contribution in [2.24, 2.45) is 0 Å². The molecule has 0 rings (SSSR count). The molecule has 19 heavy (non-hydrogen) atoms. The molecule has 0 radical (unpaired) electrons. The Hall–Kier alpha value is -0.510. The van der Waals surface area contributed by atoms with Crippen molar-refractivity contribution in [3.8, 4) is 0 Å². The molecule has 0 heterocycles. The molecule has 3 nitrogen and oxygen atoms in total. The van der Waals surface area contributed by atoms with Crippen LogP contribution in [0.25, 0.3) is 0 Å². The second-order valence-corrected chi connectivity index (χ2v) is 4.33. The quantitative estimate of drug-likeness (QED) is 0.397. The van der Waals surface area contributed by atoms with E-state index in [1.54, 1.807) is 0 Å². The summed E-state index contributed by atoms with van der Waals surface area (Å²) < 4.78 is 75.7. The maximum Gasteiger partial charge on any atom is 0.411 e. The molecule has 0 unspecified atom stereocenters. The van der Waals surface area contributed by atoms with Crippen LogP contribution in [0.15, 0.2) is 0 Å². The number of carbonyl (C=O) groups is 1. The molecule has 0 N–H and O–H groups in total. The summed E-state index contributed by atoms with van der Waals surface area (Å²) in [6.07, 6.45) is -9.60. The van der Waals surface area contributed by atoms with Crippen LogP contribution in [0.3, 0.4) is 0 Å². The van der Waals surface area contributed by atoms with Gasteiger partial charge < -0.3 is 9.64 Å². The standard InChI is InChI=1S/C9H12BrF6NO2/c10-2-3-17(5-8(11,12)13)7(18)1-4-19-6-9(14,15)16/h1-6H2. The van der Waals surface area contributed by atoms with Gasteiger partial charge in [0.15, 0.2) is 0 Å². The second-order valence-electron chi connectivity index (χ2n) is 3.54. The minimum atomic E-state index is -4.55. The van der Waals surface area contributed by atoms with Crippen LogP contribution in [0, 0.1) is 0 Å². The molecular formula is C9H12BrF6NO2. The van der Waals surface area contributed by atoms with Gasteiger partial charge in [-0.2, -0.15) is 26.3 Å². The van der Waals surface area contributed by atoms with Crippen molar-refractivity contribution in [3.63, 3.8) is 0 Å². The van der Waals surface area contributed by atoms with Crippen LogP contribution in [0.1, 0.15) is 6.42 Å². The summed E-state index contributed by atoms with van der Waals surface area (Å²) >= 11 is 2.89. The van der Waals surface area contributed by atoms with Crippen LogP contribution in [0.4, 0.5) is 26.3 Å². The minimum Gasteiger partial charge on any atom is -0.372 e. The van der Waals surface area contributed by atoms with E-state index in [0.29, 0.717) is 4.90 Å². The summed E-state index contributed by atoms with van der Waals surface area (Å²) in [6.45, 7) is -3.72. The summed E-state index contributed by atoms with van der Waals surface area (Å²) in [5.74, 6) is -0.904. The molecular weight excluding hydrogens is 348 g/mol. The van der Waals surface area contributed by atoms with Crippen molar-refractivity contribution in [2.75, 3.05) is 31.6 Å². The third-order valence-electron chi connectivity index (χ3n) is 1.80. The second kappa shape index (κ2) is 7.93. The smallest absolute Gasteiger partial charge is 0.372 e. The van der Waals surface area contributed by atoms with Crippen molar-refractivity contribution < 1.29 is 35.9 Å². The van der Waals surface area contributed by atoms with Gasteiger partial charge in [-0.15, -0.1) is 0 Å². The van der Waals surface area contributed by atoms with Gasteiger partial charge in [0, 0.05) is 11.9 Å². The van der Waals surface area contributed by atoms with E-state index in [9.17, 15) is 31.1 Å². The summed E-state index contributed by atoms with van der Waals surface area (Å²) in [4.78, 5) is 11.9. The third-order valence-corrected chi connectivity index (χ3v) is 2.16. The predicted molar refractivity (Wildman–Crippen MR) is 57.9 cm³/mol. The highest BCUT2D eigenvalue weighted by atomic mass is 79.9. The Morgan fingerprint density at radius 1 is 1.11 bits per heavy atom. The highest BCUT2D eigenvalue weighted by Crippen LogP contribution is 2.17. The normalized spacial score (nSPS) is 12.6. The molecule has 0 aromatic rings. The number of nitrogens with zero attached hydrogens (tertiary/aromatic N) is 1. The Balaban J connectivity index is 4.12. The molecule has 0 atom stereocenters. The monoisotopic (exact) mass is 359 g/mol. The van der Waals surface area contributed by atoms with Gasteiger partial charge >= 0.3 is 12.4 Å².